The molecule has 1 amide bonds. The number of carbonyl (C=O) groups excluding carboxylic acids is 1. The quantitative estimate of drug-likeness (QED) is 0.781. The van der Waals surface area contributed by atoms with Crippen molar-refractivity contribution in [2.24, 2.45) is 0 Å². The van der Waals surface area contributed by atoms with Crippen LogP contribution in [0.1, 0.15) is 49.9 Å². The highest BCUT2D eigenvalue weighted by Gasteiger charge is 2.37. The summed E-state index contributed by atoms with van der Waals surface area (Å²) in [6.45, 7) is 9.45. The molecule has 0 fully saturated rings. The monoisotopic (exact) mass is 430 g/mol. The van der Waals surface area contributed by atoms with E-state index < -0.39 is 21.7 Å². The van der Waals surface area contributed by atoms with Crippen LogP contribution in [-0.4, -0.2) is 32.2 Å². The number of hydrogen-bond donors (Lipinski definition) is 1. The molecule has 1 aliphatic rings. The first-order valence-corrected chi connectivity index (χ1v) is 11.9. The van der Waals surface area contributed by atoms with E-state index in [0.29, 0.717) is 12.1 Å². The molecule has 0 spiro atoms. The number of carbonyl (C=O) groups is 1. The summed E-state index contributed by atoms with van der Waals surface area (Å²) in [6, 6.07) is 11.9. The average molecular weight is 431 g/mol. The smallest absolute Gasteiger partial charge is 0.244 e. The fraction of sp³-hybridized carbons (Fsp3) is 0.435. The molecule has 30 heavy (non-hydrogen) atoms. The first-order chi connectivity index (χ1) is 13.9. The van der Waals surface area contributed by atoms with Crippen molar-refractivity contribution in [2.45, 2.75) is 58.7 Å². The van der Waals surface area contributed by atoms with E-state index in [2.05, 4.69) is 5.32 Å². The summed E-state index contributed by atoms with van der Waals surface area (Å²) in [5, 5.41) is 3.06. The Kier molecular flexibility index (Phi) is 5.87. The normalized spacial score (nSPS) is 18.7. The molecule has 0 radical (unpaired) electrons. The number of nitrogens with zero attached hydrogens (tertiary/aromatic N) is 1. The molecule has 2 unspecified atom stereocenters. The van der Waals surface area contributed by atoms with Gasteiger partial charge in [-0.1, -0.05) is 24.3 Å². The second kappa shape index (κ2) is 7.95. The predicted molar refractivity (Wildman–Crippen MR) is 119 cm³/mol. The van der Waals surface area contributed by atoms with Gasteiger partial charge in [0.25, 0.3) is 0 Å². The zero-order valence-electron chi connectivity index (χ0n) is 18.4. The first-order valence-electron chi connectivity index (χ1n) is 10.0. The van der Waals surface area contributed by atoms with E-state index in [1.807, 2.05) is 52.0 Å². The van der Waals surface area contributed by atoms with Crippen molar-refractivity contribution in [3.8, 4) is 5.75 Å². The summed E-state index contributed by atoms with van der Waals surface area (Å²) in [4.78, 5) is 13.2. The standard InChI is InChI=1S/C23H30N2O4S/c1-15-8-7-9-18(12-15)25(30(6,27)28)17(3)22(26)24-20-14-23(4,5)29-21-13-16(2)10-11-19(20)21/h7-13,17,20H,14H2,1-6H3,(H,24,26). The number of fused-ring (bicyclic) bond motifs is 1. The van der Waals surface area contributed by atoms with Gasteiger partial charge in [-0.2, -0.15) is 0 Å². The summed E-state index contributed by atoms with van der Waals surface area (Å²) in [5.74, 6) is 0.402. The maximum Gasteiger partial charge on any atom is 0.244 e. The molecule has 2 aromatic rings. The van der Waals surface area contributed by atoms with E-state index in [9.17, 15) is 13.2 Å². The Balaban J connectivity index is 1.91. The van der Waals surface area contributed by atoms with Crippen molar-refractivity contribution in [2.75, 3.05) is 10.6 Å². The number of sulfonamides is 1. The van der Waals surface area contributed by atoms with Gasteiger partial charge < -0.3 is 10.1 Å². The van der Waals surface area contributed by atoms with Gasteiger partial charge in [-0.3, -0.25) is 9.10 Å². The van der Waals surface area contributed by atoms with Crippen molar-refractivity contribution in [1.29, 1.82) is 0 Å². The maximum absolute atomic E-state index is 13.2. The predicted octanol–water partition coefficient (Wildman–Crippen LogP) is 3.88. The highest BCUT2D eigenvalue weighted by atomic mass is 32.2. The summed E-state index contributed by atoms with van der Waals surface area (Å²) in [5.41, 5.74) is 2.93. The molecule has 2 atom stereocenters. The third-order valence-corrected chi connectivity index (χ3v) is 6.53. The number of hydrogen-bond acceptors (Lipinski definition) is 4. The van der Waals surface area contributed by atoms with Gasteiger partial charge in [-0.05, 0) is 63.9 Å². The van der Waals surface area contributed by atoms with Crippen molar-refractivity contribution < 1.29 is 17.9 Å². The van der Waals surface area contributed by atoms with Crippen LogP contribution in [0, 0.1) is 13.8 Å². The number of benzene rings is 2. The topological polar surface area (TPSA) is 75.7 Å². The molecule has 0 saturated carbocycles. The van der Waals surface area contributed by atoms with E-state index in [1.165, 1.54) is 4.31 Å². The van der Waals surface area contributed by atoms with Crippen LogP contribution in [0.25, 0.3) is 0 Å². The molecule has 162 valence electrons. The zero-order chi connectivity index (χ0) is 22.3. The van der Waals surface area contributed by atoms with Crippen LogP contribution >= 0.6 is 0 Å². The second-order valence-corrected chi connectivity index (χ2v) is 10.6. The molecule has 0 aromatic heterocycles. The third-order valence-electron chi connectivity index (χ3n) is 5.29. The molecule has 2 aromatic carbocycles. The molecule has 6 nitrogen and oxygen atoms in total. The molecular weight excluding hydrogens is 400 g/mol. The van der Waals surface area contributed by atoms with Gasteiger partial charge in [0.05, 0.1) is 18.0 Å². The Bertz CT molecular complexity index is 1060. The Morgan fingerprint density at radius 1 is 1.17 bits per heavy atom. The molecular formula is C23H30N2O4S. The number of amides is 1. The van der Waals surface area contributed by atoms with Gasteiger partial charge in [0, 0.05) is 12.0 Å². The van der Waals surface area contributed by atoms with Gasteiger partial charge in [-0.25, -0.2) is 8.42 Å². The van der Waals surface area contributed by atoms with Crippen LogP contribution in [0.2, 0.25) is 0 Å². The van der Waals surface area contributed by atoms with Crippen LogP contribution in [0.5, 0.6) is 5.75 Å². The van der Waals surface area contributed by atoms with Crippen LogP contribution in [0.4, 0.5) is 5.69 Å². The largest absolute Gasteiger partial charge is 0.487 e. The minimum atomic E-state index is -3.66. The van der Waals surface area contributed by atoms with Gasteiger partial charge in [0.1, 0.15) is 17.4 Å². The van der Waals surface area contributed by atoms with E-state index in [0.717, 1.165) is 28.7 Å². The average Bonchev–Trinajstić information content (AvgIpc) is 2.59. The summed E-state index contributed by atoms with van der Waals surface area (Å²) < 4.78 is 32.4. The van der Waals surface area contributed by atoms with Crippen LogP contribution in [0.3, 0.4) is 0 Å². The minimum Gasteiger partial charge on any atom is -0.487 e. The van der Waals surface area contributed by atoms with Gasteiger partial charge in [0.2, 0.25) is 15.9 Å². The number of aryl methyl sites for hydroxylation is 2. The van der Waals surface area contributed by atoms with Crippen molar-refractivity contribution in [3.63, 3.8) is 0 Å². The van der Waals surface area contributed by atoms with Crippen LogP contribution in [-0.2, 0) is 14.8 Å². The third kappa shape index (κ3) is 4.78. The summed E-state index contributed by atoms with van der Waals surface area (Å²) in [6.07, 6.45) is 1.71. The minimum absolute atomic E-state index is 0.266. The molecule has 0 bridgehead atoms. The van der Waals surface area contributed by atoms with Crippen LogP contribution < -0.4 is 14.4 Å². The maximum atomic E-state index is 13.2. The molecule has 0 aliphatic carbocycles. The number of rotatable bonds is 5. The lowest BCUT2D eigenvalue weighted by Gasteiger charge is -2.39. The number of ether oxygens (including phenoxy) is 1. The number of nitrogens with one attached hydrogen (secondary N) is 1. The molecule has 3 rings (SSSR count). The molecule has 1 aliphatic heterocycles. The van der Waals surface area contributed by atoms with Crippen molar-refractivity contribution in [1.82, 2.24) is 5.32 Å². The molecule has 1 N–H and O–H groups in total. The molecule has 7 heteroatoms. The Morgan fingerprint density at radius 2 is 1.83 bits per heavy atom. The SMILES string of the molecule is Cc1cccc(N(C(C)C(=O)NC2CC(C)(C)Oc3cc(C)ccc32)S(C)(=O)=O)c1. The Morgan fingerprint density at radius 3 is 2.47 bits per heavy atom. The van der Waals surface area contributed by atoms with Crippen LogP contribution in [0.15, 0.2) is 42.5 Å². The lowest BCUT2D eigenvalue weighted by molar-refractivity contribution is -0.123. The summed E-state index contributed by atoms with van der Waals surface area (Å²) >= 11 is 0. The first kappa shape index (κ1) is 22.2. The van der Waals surface area contributed by atoms with Crippen molar-refractivity contribution >= 4 is 21.6 Å². The van der Waals surface area contributed by atoms with E-state index in [1.54, 1.807) is 25.1 Å². The summed E-state index contributed by atoms with van der Waals surface area (Å²) in [7, 11) is -3.66. The lowest BCUT2D eigenvalue weighted by Crippen LogP contribution is -2.50. The lowest BCUT2D eigenvalue weighted by atomic mass is 9.89. The van der Waals surface area contributed by atoms with Gasteiger partial charge >= 0.3 is 0 Å². The zero-order valence-corrected chi connectivity index (χ0v) is 19.2. The highest BCUT2D eigenvalue weighted by Crippen LogP contribution is 2.40. The fourth-order valence-electron chi connectivity index (χ4n) is 3.95. The second-order valence-electron chi connectivity index (χ2n) is 8.74. The van der Waals surface area contributed by atoms with Gasteiger partial charge in [-0.15, -0.1) is 0 Å². The fourth-order valence-corrected chi connectivity index (χ4v) is 5.12. The van der Waals surface area contributed by atoms with Gasteiger partial charge in [0.15, 0.2) is 0 Å². The Labute approximate surface area is 179 Å². The van der Waals surface area contributed by atoms with E-state index in [-0.39, 0.29) is 11.9 Å². The number of anilines is 1. The molecule has 0 saturated heterocycles. The Hall–Kier alpha value is -2.54. The highest BCUT2D eigenvalue weighted by molar-refractivity contribution is 7.92. The van der Waals surface area contributed by atoms with Crippen molar-refractivity contribution in [3.05, 3.63) is 59.2 Å². The van der Waals surface area contributed by atoms with E-state index >= 15 is 0 Å². The van der Waals surface area contributed by atoms with E-state index in [4.69, 9.17) is 4.74 Å². The molecule has 1 heterocycles.